The lowest BCUT2D eigenvalue weighted by molar-refractivity contribution is -0.148. The van der Waals surface area contributed by atoms with E-state index in [1.807, 2.05) is 45.2 Å². The fraction of sp³-hybridized carbons (Fsp3) is 0.421. The highest BCUT2D eigenvalue weighted by atomic mass is 32.1. The van der Waals surface area contributed by atoms with E-state index in [1.165, 1.54) is 0 Å². The molecule has 5 nitrogen and oxygen atoms in total. The normalized spacial score (nSPS) is 12.0. The Morgan fingerprint density at radius 1 is 1.32 bits per heavy atom. The largest absolute Gasteiger partial charge is 0.458 e. The summed E-state index contributed by atoms with van der Waals surface area (Å²) in [4.78, 5) is 29.2. The molecule has 0 unspecified atom stereocenters. The van der Waals surface area contributed by atoms with E-state index in [1.54, 1.807) is 23.5 Å². The molecule has 1 N–H and O–H groups in total. The van der Waals surface area contributed by atoms with Gasteiger partial charge in [0, 0.05) is 10.9 Å². The minimum absolute atomic E-state index is 0.0807. The van der Waals surface area contributed by atoms with E-state index in [4.69, 9.17) is 4.74 Å². The minimum Gasteiger partial charge on any atom is -0.458 e. The summed E-state index contributed by atoms with van der Waals surface area (Å²) in [5.74, 6) is -0.800. The van der Waals surface area contributed by atoms with Gasteiger partial charge in [-0.3, -0.25) is 4.79 Å². The second-order valence-electron chi connectivity index (χ2n) is 6.26. The zero-order valence-electron chi connectivity index (χ0n) is 15.0. The Kier molecular flexibility index (Phi) is 6.70. The summed E-state index contributed by atoms with van der Waals surface area (Å²) in [5, 5.41) is 5.68. The molecule has 0 fully saturated rings. The number of nitrogens with one attached hydrogen (secondary N) is 1. The summed E-state index contributed by atoms with van der Waals surface area (Å²) < 4.78 is 5.36. The van der Waals surface area contributed by atoms with Crippen molar-refractivity contribution < 1.29 is 14.3 Å². The van der Waals surface area contributed by atoms with Crippen LogP contribution in [0.2, 0.25) is 0 Å². The molecule has 1 atom stereocenters. The molecule has 0 spiro atoms. The number of carbonyl (C=O) groups excluding carboxylic acids is 2. The molecule has 0 aliphatic rings. The van der Waals surface area contributed by atoms with Gasteiger partial charge in [-0.1, -0.05) is 38.5 Å². The van der Waals surface area contributed by atoms with Crippen LogP contribution in [0, 0.1) is 12.8 Å². The van der Waals surface area contributed by atoms with Crippen LogP contribution in [0.15, 0.2) is 29.6 Å². The average molecular weight is 360 g/mol. The predicted octanol–water partition coefficient (Wildman–Crippen LogP) is 3.51. The van der Waals surface area contributed by atoms with E-state index in [2.05, 4.69) is 10.3 Å². The van der Waals surface area contributed by atoms with E-state index in [0.29, 0.717) is 5.56 Å². The highest BCUT2D eigenvalue weighted by Crippen LogP contribution is 2.13. The van der Waals surface area contributed by atoms with Crippen molar-refractivity contribution >= 4 is 23.2 Å². The van der Waals surface area contributed by atoms with Crippen LogP contribution >= 0.6 is 11.3 Å². The summed E-state index contributed by atoms with van der Waals surface area (Å²) in [6, 6.07) is 6.56. The van der Waals surface area contributed by atoms with Gasteiger partial charge in [0.1, 0.15) is 12.6 Å². The first kappa shape index (κ1) is 19.1. The van der Waals surface area contributed by atoms with Gasteiger partial charge < -0.3 is 10.1 Å². The highest BCUT2D eigenvalue weighted by Gasteiger charge is 2.26. The molecule has 0 bridgehead atoms. The van der Waals surface area contributed by atoms with Crippen molar-refractivity contribution in [3.63, 3.8) is 0 Å². The summed E-state index contributed by atoms with van der Waals surface area (Å²) in [6.07, 6.45) is 0.861. The van der Waals surface area contributed by atoms with Gasteiger partial charge in [0.25, 0.3) is 5.91 Å². The fourth-order valence-electron chi connectivity index (χ4n) is 2.32. The van der Waals surface area contributed by atoms with Crippen LogP contribution < -0.4 is 5.32 Å². The first-order valence-electron chi connectivity index (χ1n) is 8.38. The van der Waals surface area contributed by atoms with Gasteiger partial charge in [-0.15, -0.1) is 11.3 Å². The Bertz CT molecular complexity index is 740. The third kappa shape index (κ3) is 5.39. The van der Waals surface area contributed by atoms with E-state index >= 15 is 0 Å². The Labute approximate surface area is 152 Å². The van der Waals surface area contributed by atoms with Crippen molar-refractivity contribution in [2.45, 2.75) is 46.8 Å². The van der Waals surface area contributed by atoms with Gasteiger partial charge in [-0.2, -0.15) is 0 Å². The Balaban J connectivity index is 1.99. The zero-order chi connectivity index (χ0) is 18.4. The first-order chi connectivity index (χ1) is 11.9. The van der Waals surface area contributed by atoms with Gasteiger partial charge >= 0.3 is 5.97 Å². The van der Waals surface area contributed by atoms with Crippen molar-refractivity contribution in [3.05, 3.63) is 51.5 Å². The number of ether oxygens (including phenoxy) is 1. The van der Waals surface area contributed by atoms with Crippen LogP contribution in [0.1, 0.15) is 47.4 Å². The first-order valence-corrected chi connectivity index (χ1v) is 9.26. The number of benzene rings is 1. The molecule has 0 aliphatic carbocycles. The van der Waals surface area contributed by atoms with Crippen molar-refractivity contribution in [3.8, 4) is 0 Å². The molecule has 1 heterocycles. The molecule has 0 saturated heterocycles. The molecule has 2 aromatic rings. The lowest BCUT2D eigenvalue weighted by atomic mass is 10.0. The van der Waals surface area contributed by atoms with E-state index < -0.39 is 12.0 Å². The third-order valence-corrected chi connectivity index (χ3v) is 4.79. The molecule has 0 saturated carbocycles. The number of thiazole rings is 1. The molecule has 0 aliphatic heterocycles. The molecule has 1 amide bonds. The van der Waals surface area contributed by atoms with Gasteiger partial charge in [0.05, 0.1) is 10.7 Å². The fourth-order valence-corrected chi connectivity index (χ4v) is 3.05. The zero-order valence-corrected chi connectivity index (χ0v) is 15.9. The molecule has 1 aromatic heterocycles. The smallest absolute Gasteiger partial charge is 0.329 e. The second kappa shape index (κ2) is 8.76. The number of hydrogen-bond donors (Lipinski definition) is 1. The van der Waals surface area contributed by atoms with E-state index in [0.717, 1.165) is 22.7 Å². The van der Waals surface area contributed by atoms with E-state index in [-0.39, 0.29) is 18.4 Å². The molecule has 2 rings (SSSR count). The highest BCUT2D eigenvalue weighted by molar-refractivity contribution is 7.09. The number of aryl methyl sites for hydroxylation is 2. The van der Waals surface area contributed by atoms with Gasteiger partial charge in [-0.25, -0.2) is 9.78 Å². The lowest BCUT2D eigenvalue weighted by Crippen LogP contribution is -2.45. The number of hydrogen-bond acceptors (Lipinski definition) is 5. The SMILES string of the molecule is CCc1nc(COC(=O)[C@@H](NC(=O)c2cccc(C)c2)C(C)C)cs1. The Morgan fingerprint density at radius 2 is 2.08 bits per heavy atom. The molecular formula is C19H24N2O3S. The molecule has 0 radical (unpaired) electrons. The standard InChI is InChI=1S/C19H24N2O3S/c1-5-16-20-15(11-25-16)10-24-19(23)17(12(2)3)21-18(22)14-8-6-7-13(4)9-14/h6-9,11-12,17H,5,10H2,1-4H3,(H,21,22)/t17-/m0/s1. The molecule has 6 heteroatoms. The van der Waals surface area contributed by atoms with Gasteiger partial charge in [0.15, 0.2) is 0 Å². The summed E-state index contributed by atoms with van der Waals surface area (Å²) in [7, 11) is 0. The molecule has 1 aromatic carbocycles. The molecule has 25 heavy (non-hydrogen) atoms. The number of carbonyl (C=O) groups is 2. The molecular weight excluding hydrogens is 336 g/mol. The maximum Gasteiger partial charge on any atom is 0.329 e. The Morgan fingerprint density at radius 3 is 2.68 bits per heavy atom. The monoisotopic (exact) mass is 360 g/mol. The lowest BCUT2D eigenvalue weighted by Gasteiger charge is -2.20. The van der Waals surface area contributed by atoms with Crippen molar-refractivity contribution in [2.75, 3.05) is 0 Å². The van der Waals surface area contributed by atoms with Crippen molar-refractivity contribution in [1.29, 1.82) is 0 Å². The number of esters is 1. The number of rotatable bonds is 7. The van der Waals surface area contributed by atoms with E-state index in [9.17, 15) is 9.59 Å². The minimum atomic E-state index is -0.697. The number of nitrogens with zero attached hydrogens (tertiary/aromatic N) is 1. The van der Waals surface area contributed by atoms with Crippen molar-refractivity contribution in [2.24, 2.45) is 5.92 Å². The van der Waals surface area contributed by atoms with Crippen LogP contribution in [0.4, 0.5) is 0 Å². The number of amides is 1. The van der Waals surface area contributed by atoms with Crippen LogP contribution in [0.3, 0.4) is 0 Å². The molecule has 134 valence electrons. The average Bonchev–Trinajstić information content (AvgIpc) is 3.05. The third-order valence-electron chi connectivity index (χ3n) is 3.75. The van der Waals surface area contributed by atoms with Gasteiger partial charge in [0.2, 0.25) is 0 Å². The van der Waals surface area contributed by atoms with Crippen LogP contribution in [0.5, 0.6) is 0 Å². The van der Waals surface area contributed by atoms with Crippen LogP contribution in [-0.2, 0) is 22.6 Å². The maximum atomic E-state index is 12.4. The summed E-state index contributed by atoms with van der Waals surface area (Å²) in [6.45, 7) is 7.83. The predicted molar refractivity (Wildman–Crippen MR) is 98.6 cm³/mol. The quantitative estimate of drug-likeness (QED) is 0.767. The second-order valence-corrected chi connectivity index (χ2v) is 7.20. The number of aromatic nitrogens is 1. The van der Waals surface area contributed by atoms with Gasteiger partial charge in [-0.05, 0) is 31.4 Å². The Hall–Kier alpha value is -2.21. The van der Waals surface area contributed by atoms with Crippen molar-refractivity contribution in [1.82, 2.24) is 10.3 Å². The van der Waals surface area contributed by atoms with Crippen LogP contribution in [0.25, 0.3) is 0 Å². The summed E-state index contributed by atoms with van der Waals surface area (Å²) >= 11 is 1.55. The topological polar surface area (TPSA) is 68.3 Å². The van der Waals surface area contributed by atoms with Crippen LogP contribution in [-0.4, -0.2) is 22.9 Å². The summed E-state index contributed by atoms with van der Waals surface area (Å²) in [5.41, 5.74) is 2.26. The maximum absolute atomic E-state index is 12.4.